The monoisotopic (exact) mass is 390 g/mol. The number of halogens is 2. The van der Waals surface area contributed by atoms with E-state index in [1.807, 2.05) is 0 Å². The molecule has 0 aliphatic rings. The summed E-state index contributed by atoms with van der Waals surface area (Å²) in [5, 5.41) is 9.21. The summed E-state index contributed by atoms with van der Waals surface area (Å²) >= 11 is 11.7. The molecule has 0 radical (unpaired) electrons. The standard InChI is InChI=1S/C15H12Cl2O6S/c1-2-22-13-8-9(15(18)19)7-12(17)14(13)23-24(20,21)11-5-3-10(16)4-6-11/h3-8H,2H2,1H3,(H,18,19). The van der Waals surface area contributed by atoms with Crippen molar-refractivity contribution in [3.05, 3.63) is 52.0 Å². The Hall–Kier alpha value is -1.96. The normalized spacial score (nSPS) is 11.1. The predicted octanol–water partition coefficient (Wildman–Crippen LogP) is 3.86. The molecule has 1 N–H and O–H groups in total. The lowest BCUT2D eigenvalue weighted by Gasteiger charge is -2.14. The second kappa shape index (κ2) is 7.29. The van der Waals surface area contributed by atoms with Crippen molar-refractivity contribution in [1.82, 2.24) is 0 Å². The molecule has 2 rings (SSSR count). The van der Waals surface area contributed by atoms with Crippen molar-refractivity contribution in [2.45, 2.75) is 11.8 Å². The van der Waals surface area contributed by atoms with Gasteiger partial charge in [-0.25, -0.2) is 4.79 Å². The summed E-state index contributed by atoms with van der Waals surface area (Å²) in [7, 11) is -4.20. The molecule has 0 fully saturated rings. The van der Waals surface area contributed by atoms with Crippen molar-refractivity contribution in [2.24, 2.45) is 0 Å². The topological polar surface area (TPSA) is 89.9 Å². The Morgan fingerprint density at radius 3 is 2.33 bits per heavy atom. The van der Waals surface area contributed by atoms with Gasteiger partial charge in [0.15, 0.2) is 5.75 Å². The molecule has 128 valence electrons. The lowest BCUT2D eigenvalue weighted by molar-refractivity contribution is 0.0696. The van der Waals surface area contributed by atoms with Gasteiger partial charge < -0.3 is 14.0 Å². The molecule has 2 aromatic carbocycles. The molecule has 0 saturated heterocycles. The van der Waals surface area contributed by atoms with Gasteiger partial charge in [0.1, 0.15) is 4.90 Å². The number of hydrogen-bond donors (Lipinski definition) is 1. The van der Waals surface area contributed by atoms with Crippen LogP contribution in [0.3, 0.4) is 0 Å². The zero-order valence-corrected chi connectivity index (χ0v) is 14.7. The summed E-state index contributed by atoms with van der Waals surface area (Å²) in [5.41, 5.74) is -0.153. The summed E-state index contributed by atoms with van der Waals surface area (Å²) in [6.45, 7) is 1.82. The molecule has 6 nitrogen and oxygen atoms in total. The average molecular weight is 391 g/mol. The van der Waals surface area contributed by atoms with E-state index in [1.165, 1.54) is 24.3 Å². The second-order valence-electron chi connectivity index (χ2n) is 4.51. The van der Waals surface area contributed by atoms with Gasteiger partial charge in [0.05, 0.1) is 17.2 Å². The largest absolute Gasteiger partial charge is 0.490 e. The van der Waals surface area contributed by atoms with Crippen LogP contribution < -0.4 is 8.92 Å². The minimum atomic E-state index is -4.20. The second-order valence-corrected chi connectivity index (χ2v) is 6.90. The third-order valence-corrected chi connectivity index (χ3v) is 4.62. The van der Waals surface area contributed by atoms with Crippen LogP contribution in [-0.2, 0) is 10.1 Å². The molecule has 0 aromatic heterocycles. The maximum Gasteiger partial charge on any atom is 0.339 e. The van der Waals surface area contributed by atoms with Crippen molar-refractivity contribution >= 4 is 39.3 Å². The van der Waals surface area contributed by atoms with E-state index in [0.717, 1.165) is 12.1 Å². The number of hydrogen-bond acceptors (Lipinski definition) is 5. The highest BCUT2D eigenvalue weighted by atomic mass is 35.5. The Labute approximate surface area is 148 Å². The minimum Gasteiger partial charge on any atom is -0.490 e. The third-order valence-electron chi connectivity index (χ3n) is 2.85. The van der Waals surface area contributed by atoms with Gasteiger partial charge in [-0.1, -0.05) is 23.2 Å². The van der Waals surface area contributed by atoms with E-state index >= 15 is 0 Å². The van der Waals surface area contributed by atoms with Gasteiger partial charge in [-0.05, 0) is 43.3 Å². The lowest BCUT2D eigenvalue weighted by atomic mass is 10.2. The number of carboxylic acid groups (broad SMARTS) is 1. The number of carbonyl (C=O) groups is 1. The van der Waals surface area contributed by atoms with Crippen LogP contribution in [-0.4, -0.2) is 26.1 Å². The molecule has 0 spiro atoms. The fourth-order valence-electron chi connectivity index (χ4n) is 1.79. The lowest BCUT2D eigenvalue weighted by Crippen LogP contribution is -2.11. The van der Waals surface area contributed by atoms with Crippen LogP contribution in [0.1, 0.15) is 17.3 Å². The summed E-state index contributed by atoms with van der Waals surface area (Å²) in [6.07, 6.45) is 0. The van der Waals surface area contributed by atoms with Crippen LogP contribution in [0.15, 0.2) is 41.3 Å². The van der Waals surface area contributed by atoms with Crippen LogP contribution in [0.2, 0.25) is 10.0 Å². The molecule has 0 unspecified atom stereocenters. The van der Waals surface area contributed by atoms with E-state index in [9.17, 15) is 13.2 Å². The van der Waals surface area contributed by atoms with E-state index in [0.29, 0.717) is 5.02 Å². The van der Waals surface area contributed by atoms with Gasteiger partial charge in [-0.3, -0.25) is 0 Å². The van der Waals surface area contributed by atoms with E-state index < -0.39 is 16.1 Å². The van der Waals surface area contributed by atoms with Crippen molar-refractivity contribution in [1.29, 1.82) is 0 Å². The van der Waals surface area contributed by atoms with Crippen LogP contribution in [0, 0.1) is 0 Å². The van der Waals surface area contributed by atoms with Gasteiger partial charge >= 0.3 is 16.1 Å². The molecule has 0 heterocycles. The van der Waals surface area contributed by atoms with Crippen LogP contribution in [0.25, 0.3) is 0 Å². The summed E-state index contributed by atoms with van der Waals surface area (Å²) in [6, 6.07) is 7.57. The van der Waals surface area contributed by atoms with Gasteiger partial charge in [0, 0.05) is 5.02 Å². The minimum absolute atomic E-state index is 0.0834. The van der Waals surface area contributed by atoms with Crippen LogP contribution in [0.5, 0.6) is 11.5 Å². The predicted molar refractivity (Wildman–Crippen MR) is 88.8 cm³/mol. The van der Waals surface area contributed by atoms with Crippen molar-refractivity contribution in [2.75, 3.05) is 6.61 Å². The Balaban J connectivity index is 2.47. The number of carboxylic acids is 1. The first-order valence-electron chi connectivity index (χ1n) is 6.64. The molecule has 9 heteroatoms. The number of benzene rings is 2. The first-order valence-corrected chi connectivity index (χ1v) is 8.80. The van der Waals surface area contributed by atoms with Gasteiger partial charge in [0.25, 0.3) is 0 Å². The van der Waals surface area contributed by atoms with Crippen LogP contribution >= 0.6 is 23.2 Å². The molecule has 24 heavy (non-hydrogen) atoms. The summed E-state index contributed by atoms with van der Waals surface area (Å²) in [5.74, 6) is -1.59. The Morgan fingerprint density at radius 2 is 1.79 bits per heavy atom. The zero-order chi connectivity index (χ0) is 17.9. The third kappa shape index (κ3) is 4.11. The number of aromatic carboxylic acids is 1. The highest BCUT2D eigenvalue weighted by Gasteiger charge is 2.23. The molecule has 0 saturated carbocycles. The maximum absolute atomic E-state index is 12.3. The maximum atomic E-state index is 12.3. The Bertz CT molecular complexity index is 862. The molecule has 0 aliphatic heterocycles. The fraction of sp³-hybridized carbons (Fsp3) is 0.133. The average Bonchev–Trinajstić information content (AvgIpc) is 2.51. The van der Waals surface area contributed by atoms with E-state index in [-0.39, 0.29) is 33.6 Å². The van der Waals surface area contributed by atoms with E-state index in [1.54, 1.807) is 6.92 Å². The Kier molecular flexibility index (Phi) is 5.58. The summed E-state index contributed by atoms with van der Waals surface area (Å²) < 4.78 is 35.0. The van der Waals surface area contributed by atoms with Crippen molar-refractivity contribution in [3.63, 3.8) is 0 Å². The molecular weight excluding hydrogens is 379 g/mol. The number of ether oxygens (including phenoxy) is 1. The molecular formula is C15H12Cl2O6S. The molecule has 2 aromatic rings. The summed E-state index contributed by atoms with van der Waals surface area (Å²) in [4.78, 5) is 10.9. The van der Waals surface area contributed by atoms with Gasteiger partial charge in [-0.15, -0.1) is 0 Å². The highest BCUT2D eigenvalue weighted by molar-refractivity contribution is 7.87. The SMILES string of the molecule is CCOc1cc(C(=O)O)cc(Cl)c1OS(=O)(=O)c1ccc(Cl)cc1. The molecule has 0 amide bonds. The quantitative estimate of drug-likeness (QED) is 0.753. The van der Waals surface area contributed by atoms with Crippen molar-refractivity contribution < 1.29 is 27.2 Å². The highest BCUT2D eigenvalue weighted by Crippen LogP contribution is 2.38. The Morgan fingerprint density at radius 1 is 1.17 bits per heavy atom. The fourth-order valence-corrected chi connectivity index (χ4v) is 3.17. The number of rotatable bonds is 6. The zero-order valence-electron chi connectivity index (χ0n) is 12.3. The smallest absolute Gasteiger partial charge is 0.339 e. The van der Waals surface area contributed by atoms with Gasteiger partial charge in [-0.2, -0.15) is 8.42 Å². The molecule has 0 aliphatic carbocycles. The van der Waals surface area contributed by atoms with Crippen molar-refractivity contribution in [3.8, 4) is 11.5 Å². The van der Waals surface area contributed by atoms with Gasteiger partial charge in [0.2, 0.25) is 5.75 Å². The van der Waals surface area contributed by atoms with E-state index in [4.69, 9.17) is 37.2 Å². The molecule has 0 atom stereocenters. The van der Waals surface area contributed by atoms with Crippen LogP contribution in [0.4, 0.5) is 0 Å². The first-order chi connectivity index (χ1) is 11.2. The first kappa shape index (κ1) is 18.4. The molecule has 0 bridgehead atoms. The van der Waals surface area contributed by atoms with E-state index in [2.05, 4.69) is 0 Å².